The average molecular weight is 354 g/mol. The highest BCUT2D eigenvalue weighted by Gasteiger charge is 2.09. The van der Waals surface area contributed by atoms with Gasteiger partial charge >= 0.3 is 5.97 Å². The van der Waals surface area contributed by atoms with Gasteiger partial charge in [-0.05, 0) is 49.2 Å². The van der Waals surface area contributed by atoms with E-state index in [-0.39, 0.29) is 18.2 Å². The second kappa shape index (κ2) is 9.98. The second-order valence-electron chi connectivity index (χ2n) is 5.86. The van der Waals surface area contributed by atoms with Gasteiger partial charge in [-0.1, -0.05) is 24.6 Å². The SMILES string of the molecule is O=C(O)CCCCCNC(=O)c1ccc(C(=O)Nc2ccccc2)cc1. The van der Waals surface area contributed by atoms with Crippen molar-refractivity contribution >= 4 is 23.5 Å². The number of amides is 2. The van der Waals surface area contributed by atoms with Crippen LogP contribution in [0.1, 0.15) is 46.4 Å². The zero-order valence-corrected chi connectivity index (χ0v) is 14.4. The molecule has 0 aromatic heterocycles. The molecule has 0 unspecified atom stereocenters. The Morgan fingerprint density at radius 2 is 1.38 bits per heavy atom. The average Bonchev–Trinajstić information content (AvgIpc) is 2.65. The Kier molecular flexibility index (Phi) is 7.36. The van der Waals surface area contributed by atoms with Gasteiger partial charge in [-0.2, -0.15) is 0 Å². The lowest BCUT2D eigenvalue weighted by molar-refractivity contribution is -0.137. The number of carbonyl (C=O) groups excluding carboxylic acids is 2. The first-order valence-electron chi connectivity index (χ1n) is 8.53. The minimum absolute atomic E-state index is 0.153. The maximum absolute atomic E-state index is 12.2. The molecule has 0 saturated carbocycles. The van der Waals surface area contributed by atoms with Gasteiger partial charge in [0, 0.05) is 29.8 Å². The number of carbonyl (C=O) groups is 3. The highest BCUT2D eigenvalue weighted by Crippen LogP contribution is 2.10. The minimum Gasteiger partial charge on any atom is -0.481 e. The predicted molar refractivity (Wildman–Crippen MR) is 99.3 cm³/mol. The van der Waals surface area contributed by atoms with E-state index >= 15 is 0 Å². The summed E-state index contributed by atoms with van der Waals surface area (Å²) in [6.45, 7) is 0.495. The number of rotatable bonds is 9. The van der Waals surface area contributed by atoms with E-state index < -0.39 is 5.97 Å². The highest BCUT2D eigenvalue weighted by atomic mass is 16.4. The van der Waals surface area contributed by atoms with E-state index in [1.54, 1.807) is 36.4 Å². The van der Waals surface area contributed by atoms with Crippen LogP contribution >= 0.6 is 0 Å². The summed E-state index contributed by atoms with van der Waals surface area (Å²) in [5.74, 6) is -1.25. The van der Waals surface area contributed by atoms with Crippen LogP contribution in [0.15, 0.2) is 54.6 Å². The molecule has 2 rings (SSSR count). The van der Waals surface area contributed by atoms with E-state index in [2.05, 4.69) is 10.6 Å². The third-order valence-corrected chi connectivity index (χ3v) is 3.79. The number of carboxylic acid groups (broad SMARTS) is 1. The van der Waals surface area contributed by atoms with E-state index in [1.807, 2.05) is 18.2 Å². The van der Waals surface area contributed by atoms with Crippen molar-refractivity contribution in [2.75, 3.05) is 11.9 Å². The molecule has 6 nitrogen and oxygen atoms in total. The van der Waals surface area contributed by atoms with Crippen molar-refractivity contribution < 1.29 is 19.5 Å². The Labute approximate surface area is 152 Å². The Bertz CT molecular complexity index is 742. The van der Waals surface area contributed by atoms with Gasteiger partial charge in [0.1, 0.15) is 0 Å². The quantitative estimate of drug-likeness (QED) is 0.602. The third-order valence-electron chi connectivity index (χ3n) is 3.79. The van der Waals surface area contributed by atoms with Crippen LogP contribution in [0.3, 0.4) is 0 Å². The van der Waals surface area contributed by atoms with Crippen LogP contribution in [-0.2, 0) is 4.79 Å². The monoisotopic (exact) mass is 354 g/mol. The van der Waals surface area contributed by atoms with Gasteiger partial charge in [0.25, 0.3) is 11.8 Å². The van der Waals surface area contributed by atoms with Crippen molar-refractivity contribution in [1.29, 1.82) is 0 Å². The fourth-order valence-electron chi connectivity index (χ4n) is 2.38. The van der Waals surface area contributed by atoms with Crippen LogP contribution in [0.2, 0.25) is 0 Å². The second-order valence-corrected chi connectivity index (χ2v) is 5.86. The smallest absolute Gasteiger partial charge is 0.303 e. The third kappa shape index (κ3) is 6.39. The van der Waals surface area contributed by atoms with Crippen LogP contribution in [0.5, 0.6) is 0 Å². The largest absolute Gasteiger partial charge is 0.481 e. The maximum Gasteiger partial charge on any atom is 0.303 e. The first-order valence-corrected chi connectivity index (χ1v) is 8.53. The fourth-order valence-corrected chi connectivity index (χ4v) is 2.38. The molecule has 0 aliphatic rings. The molecule has 0 bridgehead atoms. The van der Waals surface area contributed by atoms with Gasteiger partial charge in [0.05, 0.1) is 0 Å². The minimum atomic E-state index is -0.801. The number of aliphatic carboxylic acids is 1. The first-order chi connectivity index (χ1) is 12.6. The van der Waals surface area contributed by atoms with Crippen molar-refractivity contribution in [3.63, 3.8) is 0 Å². The summed E-state index contributed by atoms with van der Waals surface area (Å²) in [6.07, 6.45) is 2.25. The normalized spacial score (nSPS) is 10.2. The molecule has 0 heterocycles. The Balaban J connectivity index is 1.78. The summed E-state index contributed by atoms with van der Waals surface area (Å²) in [7, 11) is 0. The van der Waals surface area contributed by atoms with E-state index in [1.165, 1.54) is 0 Å². The number of hydrogen-bond donors (Lipinski definition) is 3. The number of para-hydroxylation sites is 1. The van der Waals surface area contributed by atoms with Crippen molar-refractivity contribution in [2.24, 2.45) is 0 Å². The van der Waals surface area contributed by atoms with Gasteiger partial charge in [-0.3, -0.25) is 14.4 Å². The molecule has 0 aliphatic carbocycles. The summed E-state index contributed by atoms with van der Waals surface area (Å²) in [6, 6.07) is 15.6. The summed E-state index contributed by atoms with van der Waals surface area (Å²) in [5.41, 5.74) is 1.66. The molecule has 3 N–H and O–H groups in total. The molecule has 0 aliphatic heterocycles. The lowest BCUT2D eigenvalue weighted by Crippen LogP contribution is -2.24. The van der Waals surface area contributed by atoms with Crippen LogP contribution < -0.4 is 10.6 Å². The number of anilines is 1. The standard InChI is InChI=1S/C20H22N2O4/c23-18(24)9-5-2-6-14-21-19(25)15-10-12-16(13-11-15)20(26)22-17-7-3-1-4-8-17/h1,3-4,7-8,10-13H,2,5-6,9,14H2,(H,21,25)(H,22,26)(H,23,24). The van der Waals surface area contributed by atoms with Gasteiger partial charge < -0.3 is 15.7 Å². The first kappa shape index (κ1) is 19.2. The molecule has 2 amide bonds. The molecule has 26 heavy (non-hydrogen) atoms. The Hall–Kier alpha value is -3.15. The molecule has 0 fully saturated rings. The number of hydrogen-bond acceptors (Lipinski definition) is 3. The molecule has 0 spiro atoms. The predicted octanol–water partition coefficient (Wildman–Crippen LogP) is 3.31. The lowest BCUT2D eigenvalue weighted by Gasteiger charge is -2.07. The number of carboxylic acids is 1. The van der Waals surface area contributed by atoms with Gasteiger partial charge in [0.15, 0.2) is 0 Å². The molecule has 0 atom stereocenters. The molecule has 2 aromatic rings. The summed E-state index contributed by atoms with van der Waals surface area (Å²) >= 11 is 0. The maximum atomic E-state index is 12.2. The van der Waals surface area contributed by atoms with Gasteiger partial charge in [0.2, 0.25) is 0 Å². The van der Waals surface area contributed by atoms with Crippen LogP contribution in [0, 0.1) is 0 Å². The van der Waals surface area contributed by atoms with Gasteiger partial charge in [-0.25, -0.2) is 0 Å². The van der Waals surface area contributed by atoms with Crippen LogP contribution in [0.4, 0.5) is 5.69 Å². The van der Waals surface area contributed by atoms with Crippen molar-refractivity contribution in [1.82, 2.24) is 5.32 Å². The fraction of sp³-hybridized carbons (Fsp3) is 0.250. The molecule has 0 saturated heterocycles. The Morgan fingerprint density at radius 3 is 2.00 bits per heavy atom. The van der Waals surface area contributed by atoms with Crippen LogP contribution in [0.25, 0.3) is 0 Å². The summed E-state index contributed by atoms with van der Waals surface area (Å²) < 4.78 is 0. The van der Waals surface area contributed by atoms with Crippen molar-refractivity contribution in [3.05, 3.63) is 65.7 Å². The van der Waals surface area contributed by atoms with E-state index in [4.69, 9.17) is 5.11 Å². The Morgan fingerprint density at radius 1 is 0.769 bits per heavy atom. The van der Waals surface area contributed by atoms with E-state index in [0.29, 0.717) is 29.8 Å². The molecule has 6 heteroatoms. The number of unbranched alkanes of at least 4 members (excludes halogenated alkanes) is 2. The van der Waals surface area contributed by atoms with Gasteiger partial charge in [-0.15, -0.1) is 0 Å². The molecular formula is C20H22N2O4. The van der Waals surface area contributed by atoms with Crippen molar-refractivity contribution in [3.8, 4) is 0 Å². The highest BCUT2D eigenvalue weighted by molar-refractivity contribution is 6.05. The number of nitrogens with one attached hydrogen (secondary N) is 2. The zero-order chi connectivity index (χ0) is 18.8. The van der Waals surface area contributed by atoms with Crippen molar-refractivity contribution in [2.45, 2.75) is 25.7 Å². The number of benzene rings is 2. The topological polar surface area (TPSA) is 95.5 Å². The molecular weight excluding hydrogens is 332 g/mol. The molecule has 136 valence electrons. The summed E-state index contributed by atoms with van der Waals surface area (Å²) in [5, 5.41) is 14.1. The van der Waals surface area contributed by atoms with E-state index in [0.717, 1.165) is 12.8 Å². The lowest BCUT2D eigenvalue weighted by atomic mass is 10.1. The van der Waals surface area contributed by atoms with Crippen LogP contribution in [-0.4, -0.2) is 29.4 Å². The van der Waals surface area contributed by atoms with E-state index in [9.17, 15) is 14.4 Å². The zero-order valence-electron chi connectivity index (χ0n) is 14.4. The summed E-state index contributed by atoms with van der Waals surface area (Å²) in [4.78, 5) is 34.6. The molecule has 2 aromatic carbocycles. The molecule has 0 radical (unpaired) electrons.